The monoisotopic (exact) mass is 246 g/mol. The van der Waals surface area contributed by atoms with E-state index in [1.54, 1.807) is 12.1 Å². The van der Waals surface area contributed by atoms with E-state index in [9.17, 15) is 0 Å². The molecule has 0 aliphatic heterocycles. The van der Waals surface area contributed by atoms with Crippen LogP contribution in [0.25, 0.3) is 10.9 Å². The van der Waals surface area contributed by atoms with Crippen LogP contribution in [0.1, 0.15) is 18.4 Å². The minimum atomic E-state index is 0.253. The summed E-state index contributed by atoms with van der Waals surface area (Å²) in [4.78, 5) is 4.21. The molecule has 1 aromatic carbocycles. The van der Waals surface area contributed by atoms with Gasteiger partial charge in [-0.05, 0) is 31.0 Å². The molecular weight excluding hydrogens is 238 g/mol. The molecule has 17 heavy (non-hydrogen) atoms. The summed E-state index contributed by atoms with van der Waals surface area (Å²) in [5.74, 6) is 0.636. The molecule has 0 bridgehead atoms. The number of fused-ring (bicyclic) bond motifs is 1. The summed E-state index contributed by atoms with van der Waals surface area (Å²) in [5.41, 5.74) is 1.24. The highest BCUT2D eigenvalue weighted by Gasteiger charge is 2.25. The van der Waals surface area contributed by atoms with Crippen LogP contribution in [0.3, 0.4) is 0 Å². The van der Waals surface area contributed by atoms with Crippen molar-refractivity contribution in [1.82, 2.24) is 4.98 Å². The fraction of sp³-hybridized carbons (Fsp3) is 0.231. The van der Waals surface area contributed by atoms with Gasteiger partial charge in [-0.15, -0.1) is 0 Å². The van der Waals surface area contributed by atoms with Gasteiger partial charge in [0.15, 0.2) is 0 Å². The van der Waals surface area contributed by atoms with E-state index in [4.69, 9.17) is 21.6 Å². The predicted octanol–water partition coefficient (Wildman–Crippen LogP) is 3.30. The Hall–Kier alpha value is -1.79. The smallest absolute Gasteiger partial charge is 0.148 e. The van der Waals surface area contributed by atoms with Crippen molar-refractivity contribution in [3.05, 3.63) is 35.0 Å². The van der Waals surface area contributed by atoms with Crippen LogP contribution in [0.4, 0.5) is 0 Å². The number of nitrogens with zero attached hydrogens (tertiary/aromatic N) is 2. The lowest BCUT2D eigenvalue weighted by Gasteiger charge is -2.09. The Kier molecular flexibility index (Phi) is 2.38. The van der Waals surface area contributed by atoms with Gasteiger partial charge in [-0.2, -0.15) is 5.26 Å². The Balaban J connectivity index is 2.22. The van der Waals surface area contributed by atoms with Gasteiger partial charge in [0.05, 0.1) is 11.6 Å². The first-order valence-electron chi connectivity index (χ1n) is 5.43. The van der Waals surface area contributed by atoms with E-state index in [2.05, 4.69) is 11.1 Å². The van der Waals surface area contributed by atoms with Crippen molar-refractivity contribution < 1.29 is 4.74 Å². The van der Waals surface area contributed by atoms with E-state index in [0.29, 0.717) is 16.3 Å². The molecule has 84 valence electrons. The first-order chi connectivity index (χ1) is 8.28. The highest BCUT2D eigenvalue weighted by molar-refractivity contribution is 6.31. The molecule has 0 atom stereocenters. The molecule has 4 heteroatoms. The van der Waals surface area contributed by atoms with E-state index in [1.165, 1.54) is 6.20 Å². The molecule has 1 fully saturated rings. The van der Waals surface area contributed by atoms with Gasteiger partial charge in [0.25, 0.3) is 0 Å². The summed E-state index contributed by atoms with van der Waals surface area (Å²) < 4.78 is 5.79. The van der Waals surface area contributed by atoms with Gasteiger partial charge in [-0.3, -0.25) is 4.98 Å². The van der Waals surface area contributed by atoms with Gasteiger partial charge < -0.3 is 4.74 Å². The topological polar surface area (TPSA) is 45.9 Å². The van der Waals surface area contributed by atoms with Crippen LogP contribution < -0.4 is 4.74 Å². The molecule has 0 saturated heterocycles. The van der Waals surface area contributed by atoms with Crippen molar-refractivity contribution in [3.8, 4) is 11.8 Å². The Morgan fingerprint density at radius 2 is 2.24 bits per heavy atom. The quantitative estimate of drug-likeness (QED) is 0.817. The van der Waals surface area contributed by atoms with Crippen LogP contribution in [0.15, 0.2) is 24.4 Å². The van der Waals surface area contributed by atoms with Crippen molar-refractivity contribution in [2.75, 3.05) is 0 Å². The lowest BCUT2D eigenvalue weighted by Crippen LogP contribution is -2.00. The fourth-order valence-corrected chi connectivity index (χ4v) is 1.87. The number of ether oxygens (including phenoxy) is 1. The average molecular weight is 247 g/mol. The maximum Gasteiger partial charge on any atom is 0.148 e. The van der Waals surface area contributed by atoms with Gasteiger partial charge in [0, 0.05) is 16.6 Å². The first kappa shape index (κ1) is 10.4. The van der Waals surface area contributed by atoms with Crippen LogP contribution in [0, 0.1) is 11.3 Å². The third kappa shape index (κ3) is 1.92. The molecule has 0 N–H and O–H groups in total. The second-order valence-electron chi connectivity index (χ2n) is 4.09. The zero-order chi connectivity index (χ0) is 11.8. The molecule has 1 aliphatic rings. The maximum atomic E-state index is 9.07. The van der Waals surface area contributed by atoms with Gasteiger partial charge in [0.1, 0.15) is 17.4 Å². The number of pyridine rings is 1. The molecule has 0 amide bonds. The molecule has 0 unspecified atom stereocenters. The molecule has 3 nitrogen and oxygen atoms in total. The number of nitriles is 1. The number of rotatable bonds is 2. The molecule has 1 saturated carbocycles. The van der Waals surface area contributed by atoms with E-state index < -0.39 is 0 Å². The summed E-state index contributed by atoms with van der Waals surface area (Å²) in [5, 5.41) is 10.5. The molecule has 1 aromatic heterocycles. The van der Waals surface area contributed by atoms with E-state index in [-0.39, 0.29) is 6.10 Å². The summed E-state index contributed by atoms with van der Waals surface area (Å²) in [6.07, 6.45) is 3.91. The summed E-state index contributed by atoms with van der Waals surface area (Å²) in [7, 11) is 0. The number of aromatic nitrogens is 1. The van der Waals surface area contributed by atoms with Crippen molar-refractivity contribution >= 4 is 22.5 Å². The Morgan fingerprint density at radius 3 is 2.94 bits per heavy atom. The number of halogens is 1. The molecule has 0 spiro atoms. The fourth-order valence-electron chi connectivity index (χ4n) is 1.70. The van der Waals surface area contributed by atoms with Crippen molar-refractivity contribution in [2.45, 2.75) is 18.9 Å². The Bertz CT molecular complexity index is 629. The predicted molar refractivity (Wildman–Crippen MR) is 65.1 cm³/mol. The normalized spacial score (nSPS) is 14.6. The van der Waals surface area contributed by atoms with Gasteiger partial charge in [-0.1, -0.05) is 11.6 Å². The average Bonchev–Trinajstić information content (AvgIpc) is 3.13. The Labute approximate surface area is 104 Å². The standard InChI is InChI=1S/C13H9ClN2O/c14-9-1-4-11-12(5-9)16-7-8(6-15)13(11)17-10-2-3-10/h1,4-5,7,10H,2-3H2/i6+2. The third-order valence-corrected chi connectivity index (χ3v) is 2.95. The first-order valence-corrected chi connectivity index (χ1v) is 5.81. The van der Waals surface area contributed by atoms with Crippen LogP contribution in [0.2, 0.25) is 5.02 Å². The van der Waals surface area contributed by atoms with E-state index in [1.807, 2.05) is 6.07 Å². The molecule has 1 aliphatic carbocycles. The molecular formula is C13H9ClN2O. The number of hydrogen-bond acceptors (Lipinski definition) is 3. The number of hydrogen-bond donors (Lipinski definition) is 0. The molecule has 2 aromatic rings. The van der Waals surface area contributed by atoms with Crippen molar-refractivity contribution in [3.63, 3.8) is 0 Å². The molecule has 1 heterocycles. The van der Waals surface area contributed by atoms with Crippen molar-refractivity contribution in [2.24, 2.45) is 0 Å². The lowest BCUT2D eigenvalue weighted by atomic mass is 10.2. The van der Waals surface area contributed by atoms with Crippen molar-refractivity contribution in [1.29, 1.82) is 5.26 Å². The van der Waals surface area contributed by atoms with Crippen LogP contribution >= 0.6 is 11.6 Å². The maximum absolute atomic E-state index is 9.07. The molecule has 0 radical (unpaired) electrons. The van der Waals surface area contributed by atoms with Gasteiger partial charge in [-0.25, -0.2) is 0 Å². The minimum Gasteiger partial charge on any atom is -0.488 e. The van der Waals surface area contributed by atoms with E-state index >= 15 is 0 Å². The number of benzene rings is 1. The summed E-state index contributed by atoms with van der Waals surface area (Å²) >= 11 is 5.92. The van der Waals surface area contributed by atoms with Gasteiger partial charge in [0.2, 0.25) is 0 Å². The van der Waals surface area contributed by atoms with Crippen LogP contribution in [-0.2, 0) is 0 Å². The summed E-state index contributed by atoms with van der Waals surface area (Å²) in [6.45, 7) is 0. The summed E-state index contributed by atoms with van der Waals surface area (Å²) in [6, 6.07) is 7.53. The Morgan fingerprint density at radius 1 is 1.41 bits per heavy atom. The van der Waals surface area contributed by atoms with Crippen LogP contribution in [0.5, 0.6) is 5.75 Å². The third-order valence-electron chi connectivity index (χ3n) is 2.71. The van der Waals surface area contributed by atoms with E-state index in [0.717, 1.165) is 23.7 Å². The lowest BCUT2D eigenvalue weighted by molar-refractivity contribution is 0.306. The SMILES string of the molecule is N#[14C]c1cnc2cc(Cl)ccc2c1OC1CC1. The highest BCUT2D eigenvalue weighted by atomic mass is 35.5. The van der Waals surface area contributed by atoms with Crippen LogP contribution in [-0.4, -0.2) is 11.1 Å². The highest BCUT2D eigenvalue weighted by Crippen LogP contribution is 2.34. The second-order valence-corrected chi connectivity index (χ2v) is 4.53. The molecule has 3 rings (SSSR count). The minimum absolute atomic E-state index is 0.253. The largest absolute Gasteiger partial charge is 0.488 e. The zero-order valence-corrected chi connectivity index (χ0v) is 9.74. The van der Waals surface area contributed by atoms with Gasteiger partial charge >= 0.3 is 0 Å². The second kappa shape index (κ2) is 3.90. The zero-order valence-electron chi connectivity index (χ0n) is 8.98.